The highest BCUT2D eigenvalue weighted by molar-refractivity contribution is 6.35. The molecule has 36 heavy (non-hydrogen) atoms. The summed E-state index contributed by atoms with van der Waals surface area (Å²) in [5.74, 6) is -0.421. The summed E-state index contributed by atoms with van der Waals surface area (Å²) in [4.78, 5) is 23.3. The van der Waals surface area contributed by atoms with Crippen LogP contribution in [0.25, 0.3) is 22.4 Å². The summed E-state index contributed by atoms with van der Waals surface area (Å²) >= 11 is 12.1. The van der Waals surface area contributed by atoms with Crippen LogP contribution >= 0.6 is 23.2 Å². The maximum Gasteiger partial charge on any atom is 0.411 e. The normalized spacial score (nSPS) is 10.8. The number of carboxylic acid groups (broad SMARTS) is 1. The first-order valence-corrected chi connectivity index (χ1v) is 11.8. The maximum atomic E-state index is 12.4. The van der Waals surface area contributed by atoms with E-state index in [2.05, 4.69) is 10.5 Å². The van der Waals surface area contributed by atoms with Crippen molar-refractivity contribution in [2.45, 2.75) is 19.8 Å². The van der Waals surface area contributed by atoms with E-state index in [0.29, 0.717) is 33.6 Å². The second-order valence-corrected chi connectivity index (χ2v) is 8.90. The summed E-state index contributed by atoms with van der Waals surface area (Å²) in [5.41, 5.74) is 5.13. The van der Waals surface area contributed by atoms with Gasteiger partial charge in [-0.3, -0.25) is 10.1 Å². The van der Waals surface area contributed by atoms with Crippen molar-refractivity contribution in [2.75, 3.05) is 11.9 Å². The van der Waals surface area contributed by atoms with E-state index in [1.807, 2.05) is 36.4 Å². The third-order valence-electron chi connectivity index (χ3n) is 5.51. The van der Waals surface area contributed by atoms with Crippen LogP contribution in [0.15, 0.2) is 71.3 Å². The number of carbonyl (C=O) groups is 2. The Hall–Kier alpha value is -3.81. The van der Waals surface area contributed by atoms with Crippen molar-refractivity contribution in [3.8, 4) is 22.4 Å². The number of aromatic nitrogens is 1. The SMILES string of the molecule is Cc1onc(-c2ccc(-c3ccc(CC(=O)O)cc3)cc2)c1NC(=O)OCCc1ccc(Cl)cc1Cl. The van der Waals surface area contributed by atoms with Gasteiger partial charge >= 0.3 is 12.1 Å². The monoisotopic (exact) mass is 524 g/mol. The highest BCUT2D eigenvalue weighted by Crippen LogP contribution is 2.32. The third-order valence-corrected chi connectivity index (χ3v) is 6.10. The molecule has 0 aliphatic carbocycles. The van der Waals surface area contributed by atoms with Gasteiger partial charge in [-0.2, -0.15) is 0 Å². The molecule has 7 nitrogen and oxygen atoms in total. The van der Waals surface area contributed by atoms with Crippen molar-refractivity contribution in [1.29, 1.82) is 0 Å². The molecular weight excluding hydrogens is 503 g/mol. The van der Waals surface area contributed by atoms with Crippen LogP contribution in [-0.2, 0) is 22.4 Å². The van der Waals surface area contributed by atoms with E-state index >= 15 is 0 Å². The first kappa shape index (κ1) is 25.3. The molecule has 0 radical (unpaired) electrons. The number of aliphatic carboxylic acids is 1. The number of carboxylic acids is 1. The molecule has 184 valence electrons. The molecule has 0 unspecified atom stereocenters. The Bertz CT molecular complexity index is 1380. The number of nitrogens with zero attached hydrogens (tertiary/aromatic N) is 1. The first-order valence-electron chi connectivity index (χ1n) is 11.1. The van der Waals surface area contributed by atoms with Crippen LogP contribution in [0.1, 0.15) is 16.9 Å². The molecule has 0 bridgehead atoms. The Morgan fingerprint density at radius 2 is 1.61 bits per heavy atom. The van der Waals surface area contributed by atoms with Gasteiger partial charge in [-0.1, -0.05) is 83.0 Å². The van der Waals surface area contributed by atoms with E-state index in [1.165, 1.54) is 0 Å². The molecule has 2 N–H and O–H groups in total. The summed E-state index contributed by atoms with van der Waals surface area (Å²) in [6.07, 6.45) is -0.208. The Kier molecular flexibility index (Phi) is 7.93. The number of carbonyl (C=O) groups excluding carboxylic acids is 1. The van der Waals surface area contributed by atoms with E-state index in [4.69, 9.17) is 37.6 Å². The lowest BCUT2D eigenvalue weighted by Crippen LogP contribution is -2.16. The minimum Gasteiger partial charge on any atom is -0.481 e. The predicted molar refractivity (Wildman–Crippen MR) is 139 cm³/mol. The summed E-state index contributed by atoms with van der Waals surface area (Å²) < 4.78 is 10.6. The number of nitrogens with one attached hydrogen (secondary N) is 1. The van der Waals surface area contributed by atoms with Gasteiger partial charge in [0.25, 0.3) is 0 Å². The zero-order chi connectivity index (χ0) is 25.7. The third kappa shape index (κ3) is 6.24. The fourth-order valence-corrected chi connectivity index (χ4v) is 4.15. The van der Waals surface area contributed by atoms with Crippen LogP contribution in [0.3, 0.4) is 0 Å². The van der Waals surface area contributed by atoms with Crippen LogP contribution in [0.4, 0.5) is 10.5 Å². The standard InChI is InChI=1S/C27H22Cl2N2O5/c1-16-25(30-27(34)35-13-12-20-10-11-22(28)15-23(20)29)26(31-36-16)21-8-6-19(7-9-21)18-4-2-17(3-5-18)14-24(32)33/h2-11,15H,12-14H2,1H3,(H,30,34)(H,32,33). The molecule has 0 fully saturated rings. The lowest BCUT2D eigenvalue weighted by atomic mass is 10.0. The average molecular weight is 525 g/mol. The molecule has 9 heteroatoms. The van der Waals surface area contributed by atoms with E-state index < -0.39 is 12.1 Å². The lowest BCUT2D eigenvalue weighted by Gasteiger charge is -2.09. The number of halogens is 2. The minimum absolute atomic E-state index is 0.0161. The minimum atomic E-state index is -0.866. The summed E-state index contributed by atoms with van der Waals surface area (Å²) in [5, 5.41) is 16.8. The van der Waals surface area contributed by atoms with Crippen molar-refractivity contribution in [3.05, 3.63) is 93.7 Å². The Balaban J connectivity index is 1.40. The number of rotatable bonds is 8. The molecule has 0 spiro atoms. The zero-order valence-electron chi connectivity index (χ0n) is 19.3. The number of benzene rings is 3. The van der Waals surface area contributed by atoms with Gasteiger partial charge in [-0.05, 0) is 41.3 Å². The van der Waals surface area contributed by atoms with Crippen LogP contribution in [0.5, 0.6) is 0 Å². The molecule has 0 aliphatic heterocycles. The quantitative estimate of drug-likeness (QED) is 0.256. The van der Waals surface area contributed by atoms with Crippen molar-refractivity contribution < 1.29 is 24.0 Å². The predicted octanol–water partition coefficient (Wildman–Crippen LogP) is 7.04. The van der Waals surface area contributed by atoms with Crippen molar-refractivity contribution in [1.82, 2.24) is 5.16 Å². The zero-order valence-corrected chi connectivity index (χ0v) is 20.8. The Labute approximate surface area is 217 Å². The summed E-state index contributed by atoms with van der Waals surface area (Å²) in [6.45, 7) is 1.83. The average Bonchev–Trinajstić information content (AvgIpc) is 3.20. The van der Waals surface area contributed by atoms with Gasteiger partial charge in [0.2, 0.25) is 0 Å². The van der Waals surface area contributed by atoms with E-state index in [0.717, 1.165) is 27.8 Å². The van der Waals surface area contributed by atoms with E-state index in [1.54, 1.807) is 37.3 Å². The fourth-order valence-electron chi connectivity index (χ4n) is 3.64. The first-order chi connectivity index (χ1) is 17.3. The molecule has 3 aromatic carbocycles. The number of hydrogen-bond donors (Lipinski definition) is 2. The van der Waals surface area contributed by atoms with Gasteiger partial charge in [0.1, 0.15) is 11.4 Å². The topological polar surface area (TPSA) is 102 Å². The van der Waals surface area contributed by atoms with Crippen LogP contribution in [0.2, 0.25) is 10.0 Å². The molecule has 0 atom stereocenters. The maximum absolute atomic E-state index is 12.4. The van der Waals surface area contributed by atoms with Gasteiger partial charge in [0, 0.05) is 22.0 Å². The molecule has 0 aliphatic rings. The van der Waals surface area contributed by atoms with Crippen LogP contribution in [-0.4, -0.2) is 28.9 Å². The van der Waals surface area contributed by atoms with Gasteiger partial charge in [-0.25, -0.2) is 4.79 Å². The number of ether oxygens (including phenoxy) is 1. The number of anilines is 1. The Morgan fingerprint density at radius 3 is 2.25 bits per heavy atom. The number of amides is 1. The highest BCUT2D eigenvalue weighted by atomic mass is 35.5. The Morgan fingerprint density at radius 1 is 0.972 bits per heavy atom. The van der Waals surface area contributed by atoms with Gasteiger partial charge in [0.05, 0.1) is 13.0 Å². The van der Waals surface area contributed by atoms with Crippen LogP contribution < -0.4 is 5.32 Å². The van der Waals surface area contributed by atoms with Crippen molar-refractivity contribution in [3.63, 3.8) is 0 Å². The highest BCUT2D eigenvalue weighted by Gasteiger charge is 2.18. The molecule has 0 saturated carbocycles. The number of aryl methyl sites for hydroxylation is 1. The van der Waals surface area contributed by atoms with Gasteiger partial charge in [-0.15, -0.1) is 0 Å². The molecular formula is C27H22Cl2N2O5. The largest absolute Gasteiger partial charge is 0.481 e. The molecule has 0 saturated heterocycles. The van der Waals surface area contributed by atoms with Crippen molar-refractivity contribution >= 4 is 41.0 Å². The molecule has 4 aromatic rings. The summed E-state index contributed by atoms with van der Waals surface area (Å²) in [7, 11) is 0. The van der Waals surface area contributed by atoms with Gasteiger partial charge < -0.3 is 14.4 Å². The lowest BCUT2D eigenvalue weighted by molar-refractivity contribution is -0.136. The van der Waals surface area contributed by atoms with E-state index in [9.17, 15) is 9.59 Å². The second kappa shape index (κ2) is 11.3. The van der Waals surface area contributed by atoms with Crippen molar-refractivity contribution in [2.24, 2.45) is 0 Å². The fraction of sp³-hybridized carbons (Fsp3) is 0.148. The number of hydrogen-bond acceptors (Lipinski definition) is 5. The second-order valence-electron chi connectivity index (χ2n) is 8.05. The molecule has 1 heterocycles. The molecule has 4 rings (SSSR count). The molecule has 1 aromatic heterocycles. The molecule has 1 amide bonds. The van der Waals surface area contributed by atoms with E-state index in [-0.39, 0.29) is 13.0 Å². The smallest absolute Gasteiger partial charge is 0.411 e. The van der Waals surface area contributed by atoms with Crippen LogP contribution in [0, 0.1) is 6.92 Å². The van der Waals surface area contributed by atoms with Gasteiger partial charge in [0.15, 0.2) is 5.76 Å². The summed E-state index contributed by atoms with van der Waals surface area (Å²) in [6, 6.07) is 20.1.